The van der Waals surface area contributed by atoms with Crippen LogP contribution in [0.2, 0.25) is 0 Å². The van der Waals surface area contributed by atoms with Crippen molar-refractivity contribution in [3.05, 3.63) is 16.6 Å². The Kier molecular flexibility index (Phi) is 3.54. The molecule has 2 nitrogen and oxygen atoms in total. The molecule has 1 fully saturated rings. The fraction of sp³-hybridized carbons (Fsp3) is 0.727. The van der Waals surface area contributed by atoms with E-state index in [0.717, 1.165) is 12.5 Å². The lowest BCUT2D eigenvalue weighted by atomic mass is 10.1. The summed E-state index contributed by atoms with van der Waals surface area (Å²) in [7, 11) is 0. The molecule has 0 amide bonds. The van der Waals surface area contributed by atoms with Crippen LogP contribution >= 0.6 is 11.3 Å². The van der Waals surface area contributed by atoms with Crippen molar-refractivity contribution < 1.29 is 0 Å². The molecule has 78 valence electrons. The highest BCUT2D eigenvalue weighted by molar-refractivity contribution is 7.09. The fourth-order valence-corrected chi connectivity index (χ4v) is 2.93. The molecule has 0 aliphatic heterocycles. The predicted molar refractivity (Wildman–Crippen MR) is 60.5 cm³/mol. The van der Waals surface area contributed by atoms with E-state index in [1.54, 1.807) is 11.3 Å². The van der Waals surface area contributed by atoms with Gasteiger partial charge in [-0.3, -0.25) is 0 Å². The molecule has 1 aliphatic rings. The lowest BCUT2D eigenvalue weighted by molar-refractivity contribution is 0.429. The SMILES string of the molecule is CCC(NC1CCCC1)c1nccs1. The van der Waals surface area contributed by atoms with Crippen LogP contribution in [0.25, 0.3) is 0 Å². The second-order valence-corrected chi connectivity index (χ2v) is 4.91. The van der Waals surface area contributed by atoms with E-state index in [1.165, 1.54) is 30.7 Å². The third-order valence-corrected chi connectivity index (χ3v) is 3.84. The average Bonchev–Trinajstić information content (AvgIpc) is 2.86. The van der Waals surface area contributed by atoms with E-state index < -0.39 is 0 Å². The summed E-state index contributed by atoms with van der Waals surface area (Å²) in [5.74, 6) is 0. The number of nitrogens with one attached hydrogen (secondary N) is 1. The molecule has 1 heterocycles. The van der Waals surface area contributed by atoms with Crippen molar-refractivity contribution in [3.8, 4) is 0 Å². The van der Waals surface area contributed by atoms with E-state index in [2.05, 4.69) is 22.6 Å². The first-order valence-corrected chi connectivity index (χ1v) is 6.43. The zero-order valence-electron chi connectivity index (χ0n) is 8.70. The monoisotopic (exact) mass is 210 g/mol. The van der Waals surface area contributed by atoms with Crippen molar-refractivity contribution in [2.24, 2.45) is 0 Å². The summed E-state index contributed by atoms with van der Waals surface area (Å²) >= 11 is 1.77. The minimum absolute atomic E-state index is 0.484. The van der Waals surface area contributed by atoms with Crippen molar-refractivity contribution in [3.63, 3.8) is 0 Å². The van der Waals surface area contributed by atoms with Gasteiger partial charge in [0.05, 0.1) is 6.04 Å². The quantitative estimate of drug-likeness (QED) is 0.826. The molecule has 1 aromatic heterocycles. The Hall–Kier alpha value is -0.410. The number of aromatic nitrogens is 1. The van der Waals surface area contributed by atoms with Gasteiger partial charge < -0.3 is 5.32 Å². The van der Waals surface area contributed by atoms with Gasteiger partial charge in [-0.05, 0) is 19.3 Å². The minimum atomic E-state index is 0.484. The van der Waals surface area contributed by atoms with Crippen LogP contribution in [0.5, 0.6) is 0 Å². The number of rotatable bonds is 4. The highest BCUT2D eigenvalue weighted by Crippen LogP contribution is 2.24. The molecule has 14 heavy (non-hydrogen) atoms. The zero-order chi connectivity index (χ0) is 9.80. The van der Waals surface area contributed by atoms with Gasteiger partial charge in [0.25, 0.3) is 0 Å². The van der Waals surface area contributed by atoms with Crippen LogP contribution in [-0.4, -0.2) is 11.0 Å². The van der Waals surface area contributed by atoms with Crippen LogP contribution in [0.4, 0.5) is 0 Å². The Morgan fingerprint density at radius 3 is 2.93 bits per heavy atom. The van der Waals surface area contributed by atoms with Gasteiger partial charge in [0.15, 0.2) is 0 Å². The molecule has 1 N–H and O–H groups in total. The predicted octanol–water partition coefficient (Wildman–Crippen LogP) is 3.13. The summed E-state index contributed by atoms with van der Waals surface area (Å²) < 4.78 is 0. The summed E-state index contributed by atoms with van der Waals surface area (Å²) in [6.07, 6.45) is 8.53. The Morgan fingerprint density at radius 1 is 1.57 bits per heavy atom. The summed E-state index contributed by atoms with van der Waals surface area (Å²) in [6.45, 7) is 2.23. The van der Waals surface area contributed by atoms with Crippen LogP contribution in [0.15, 0.2) is 11.6 Å². The molecular formula is C11H18N2S. The number of hydrogen-bond acceptors (Lipinski definition) is 3. The van der Waals surface area contributed by atoms with Gasteiger partial charge in [-0.2, -0.15) is 0 Å². The molecule has 0 spiro atoms. The number of nitrogens with zero attached hydrogens (tertiary/aromatic N) is 1. The van der Waals surface area contributed by atoms with Crippen molar-refractivity contribution in [2.75, 3.05) is 0 Å². The molecule has 1 atom stereocenters. The molecule has 2 rings (SSSR count). The van der Waals surface area contributed by atoms with Crippen LogP contribution in [0.3, 0.4) is 0 Å². The molecule has 1 saturated carbocycles. The van der Waals surface area contributed by atoms with E-state index in [-0.39, 0.29) is 0 Å². The molecular weight excluding hydrogens is 192 g/mol. The number of thiazole rings is 1. The highest BCUT2D eigenvalue weighted by atomic mass is 32.1. The maximum atomic E-state index is 4.39. The van der Waals surface area contributed by atoms with Crippen molar-refractivity contribution in [1.29, 1.82) is 0 Å². The third kappa shape index (κ3) is 2.34. The lowest BCUT2D eigenvalue weighted by Gasteiger charge is -2.19. The summed E-state index contributed by atoms with van der Waals surface area (Å²) in [5, 5.41) is 7.03. The summed E-state index contributed by atoms with van der Waals surface area (Å²) in [5.41, 5.74) is 0. The van der Waals surface area contributed by atoms with E-state index in [0.29, 0.717) is 6.04 Å². The summed E-state index contributed by atoms with van der Waals surface area (Å²) in [4.78, 5) is 4.39. The van der Waals surface area contributed by atoms with E-state index in [4.69, 9.17) is 0 Å². The van der Waals surface area contributed by atoms with Gasteiger partial charge in [0, 0.05) is 17.6 Å². The van der Waals surface area contributed by atoms with Crippen molar-refractivity contribution in [2.45, 2.75) is 51.1 Å². The van der Waals surface area contributed by atoms with Crippen molar-refractivity contribution in [1.82, 2.24) is 10.3 Å². The normalized spacial score (nSPS) is 20.1. The molecule has 1 aromatic rings. The zero-order valence-corrected chi connectivity index (χ0v) is 9.52. The van der Waals surface area contributed by atoms with E-state index in [9.17, 15) is 0 Å². The second kappa shape index (κ2) is 4.89. The van der Waals surface area contributed by atoms with Gasteiger partial charge in [-0.1, -0.05) is 19.8 Å². The van der Waals surface area contributed by atoms with Crippen LogP contribution < -0.4 is 5.32 Å². The Labute approximate surface area is 89.8 Å². The van der Waals surface area contributed by atoms with Gasteiger partial charge >= 0.3 is 0 Å². The van der Waals surface area contributed by atoms with Gasteiger partial charge in [-0.25, -0.2) is 4.98 Å². The Morgan fingerprint density at radius 2 is 2.36 bits per heavy atom. The van der Waals surface area contributed by atoms with Crippen molar-refractivity contribution >= 4 is 11.3 Å². The molecule has 3 heteroatoms. The number of hydrogen-bond donors (Lipinski definition) is 1. The van der Waals surface area contributed by atoms with Gasteiger partial charge in [0.2, 0.25) is 0 Å². The first-order chi connectivity index (χ1) is 6.90. The minimum Gasteiger partial charge on any atom is -0.305 e. The molecule has 0 bridgehead atoms. The topological polar surface area (TPSA) is 24.9 Å². The van der Waals surface area contributed by atoms with Crippen LogP contribution in [0.1, 0.15) is 50.1 Å². The highest BCUT2D eigenvalue weighted by Gasteiger charge is 2.20. The average molecular weight is 210 g/mol. The molecule has 1 aliphatic carbocycles. The molecule has 1 unspecified atom stereocenters. The van der Waals surface area contributed by atoms with Crippen LogP contribution in [0, 0.1) is 0 Å². The standard InChI is InChI=1S/C11H18N2S/c1-2-10(11-12-7-8-14-11)13-9-5-3-4-6-9/h7-10,13H,2-6H2,1H3. The largest absolute Gasteiger partial charge is 0.305 e. The maximum Gasteiger partial charge on any atom is 0.109 e. The Balaban J connectivity index is 1.93. The third-order valence-electron chi connectivity index (χ3n) is 2.95. The molecule has 0 saturated heterocycles. The van der Waals surface area contributed by atoms with Crippen LogP contribution in [-0.2, 0) is 0 Å². The first kappa shape index (κ1) is 10.1. The second-order valence-electron chi connectivity index (χ2n) is 3.98. The molecule has 0 aromatic carbocycles. The lowest BCUT2D eigenvalue weighted by Crippen LogP contribution is -2.30. The molecule has 0 radical (unpaired) electrons. The van der Waals surface area contributed by atoms with E-state index in [1.807, 2.05) is 6.20 Å². The van der Waals surface area contributed by atoms with Gasteiger partial charge in [0.1, 0.15) is 5.01 Å². The Bertz CT molecular complexity index is 252. The first-order valence-electron chi connectivity index (χ1n) is 5.55. The maximum absolute atomic E-state index is 4.39. The smallest absolute Gasteiger partial charge is 0.109 e. The fourth-order valence-electron chi connectivity index (χ4n) is 2.15. The summed E-state index contributed by atoms with van der Waals surface area (Å²) in [6, 6.07) is 1.22. The van der Waals surface area contributed by atoms with Gasteiger partial charge in [-0.15, -0.1) is 11.3 Å². The van der Waals surface area contributed by atoms with E-state index >= 15 is 0 Å².